The molecular formula is C8H10BBrS. The molecule has 0 aliphatic heterocycles. The summed E-state index contributed by atoms with van der Waals surface area (Å²) in [7, 11) is 5.77. The van der Waals surface area contributed by atoms with Gasteiger partial charge in [-0.1, -0.05) is 13.3 Å². The lowest BCUT2D eigenvalue weighted by Crippen LogP contribution is -2.02. The van der Waals surface area contributed by atoms with E-state index >= 15 is 0 Å². The zero-order valence-corrected chi connectivity index (χ0v) is 8.96. The van der Waals surface area contributed by atoms with Crippen LogP contribution in [-0.2, 0) is 6.42 Å². The quantitative estimate of drug-likeness (QED) is 0.699. The van der Waals surface area contributed by atoms with E-state index in [1.54, 1.807) is 11.3 Å². The molecule has 0 unspecified atom stereocenters. The molecule has 2 radical (unpaired) electrons. The Hall–Kier alpha value is 0.245. The van der Waals surface area contributed by atoms with E-state index < -0.39 is 0 Å². The summed E-state index contributed by atoms with van der Waals surface area (Å²) < 4.78 is 2.10. The summed E-state index contributed by atoms with van der Waals surface area (Å²) >= 11 is 5.03. The summed E-state index contributed by atoms with van der Waals surface area (Å²) in [6.07, 6.45) is 3.57. The van der Waals surface area contributed by atoms with Crippen LogP contribution in [0.5, 0.6) is 0 Å². The minimum Gasteiger partial charge on any atom is -0.145 e. The summed E-state index contributed by atoms with van der Waals surface area (Å²) in [5.74, 6) is 0. The Labute approximate surface area is 81.6 Å². The number of hydrogen-bond acceptors (Lipinski definition) is 1. The van der Waals surface area contributed by atoms with Crippen LogP contribution in [-0.4, -0.2) is 7.85 Å². The fourth-order valence-corrected chi connectivity index (χ4v) is 2.47. The van der Waals surface area contributed by atoms with Gasteiger partial charge in [0.05, 0.1) is 3.79 Å². The third-order valence-corrected chi connectivity index (χ3v) is 3.12. The highest BCUT2D eigenvalue weighted by atomic mass is 79.9. The van der Waals surface area contributed by atoms with E-state index in [9.17, 15) is 0 Å². The third kappa shape index (κ3) is 2.64. The second kappa shape index (κ2) is 4.32. The number of thiophene rings is 1. The van der Waals surface area contributed by atoms with Crippen molar-refractivity contribution in [3.63, 3.8) is 0 Å². The molecule has 0 spiro atoms. The zero-order chi connectivity index (χ0) is 8.27. The molecule has 0 fully saturated rings. The summed E-state index contributed by atoms with van der Waals surface area (Å²) in [6.45, 7) is 2.19. The molecule has 0 aromatic carbocycles. The predicted octanol–water partition coefficient (Wildman–Crippen LogP) is 2.65. The van der Waals surface area contributed by atoms with Crippen molar-refractivity contribution in [1.29, 1.82) is 0 Å². The van der Waals surface area contributed by atoms with Gasteiger partial charge in [-0.25, -0.2) is 0 Å². The van der Waals surface area contributed by atoms with E-state index in [0.717, 1.165) is 15.0 Å². The molecule has 3 heteroatoms. The van der Waals surface area contributed by atoms with Crippen molar-refractivity contribution < 1.29 is 0 Å². The van der Waals surface area contributed by atoms with Crippen LogP contribution in [0.25, 0.3) is 0 Å². The summed E-state index contributed by atoms with van der Waals surface area (Å²) in [4.78, 5) is 0. The normalized spacial score (nSPS) is 10.4. The lowest BCUT2D eigenvalue weighted by Gasteiger charge is -1.95. The van der Waals surface area contributed by atoms with Crippen molar-refractivity contribution in [2.45, 2.75) is 26.2 Å². The van der Waals surface area contributed by atoms with E-state index in [2.05, 4.69) is 28.9 Å². The second-order valence-electron chi connectivity index (χ2n) is 2.54. The minimum atomic E-state index is 0.963. The predicted molar refractivity (Wildman–Crippen MR) is 56.0 cm³/mol. The average molecular weight is 229 g/mol. The first-order valence-electron chi connectivity index (χ1n) is 3.77. The molecule has 58 valence electrons. The fourth-order valence-electron chi connectivity index (χ4n) is 0.971. The molecule has 0 nitrogen and oxygen atoms in total. The highest BCUT2D eigenvalue weighted by Gasteiger charge is 2.01. The van der Waals surface area contributed by atoms with Gasteiger partial charge in [-0.15, -0.1) is 11.3 Å². The lowest BCUT2D eigenvalue weighted by molar-refractivity contribution is 0.799. The summed E-state index contributed by atoms with van der Waals surface area (Å²) in [5.41, 5.74) is 1.30. The molecule has 11 heavy (non-hydrogen) atoms. The van der Waals surface area contributed by atoms with Crippen LogP contribution in [0.3, 0.4) is 0 Å². The van der Waals surface area contributed by atoms with Gasteiger partial charge in [-0.3, -0.25) is 0 Å². The average Bonchev–Trinajstić information content (AvgIpc) is 2.26. The van der Waals surface area contributed by atoms with Gasteiger partial charge in [0.1, 0.15) is 7.85 Å². The largest absolute Gasteiger partial charge is 0.145 e. The van der Waals surface area contributed by atoms with Gasteiger partial charge >= 0.3 is 0 Å². The van der Waals surface area contributed by atoms with Crippen LogP contribution in [0.4, 0.5) is 0 Å². The van der Waals surface area contributed by atoms with Gasteiger partial charge in [-0.2, -0.15) is 0 Å². The Balaban J connectivity index is 2.62. The van der Waals surface area contributed by atoms with E-state index in [4.69, 9.17) is 7.85 Å². The molecule has 1 heterocycles. The van der Waals surface area contributed by atoms with Gasteiger partial charge in [0, 0.05) is 0 Å². The molecule has 0 amide bonds. The fraction of sp³-hybridized carbons (Fsp3) is 0.500. The van der Waals surface area contributed by atoms with Crippen LogP contribution < -0.4 is 4.78 Å². The summed E-state index contributed by atoms with van der Waals surface area (Å²) in [5, 5.41) is 0. The van der Waals surface area contributed by atoms with E-state index in [-0.39, 0.29) is 0 Å². The smallest absolute Gasteiger partial charge is 0.129 e. The minimum absolute atomic E-state index is 0.963. The first-order valence-corrected chi connectivity index (χ1v) is 5.38. The molecule has 1 aromatic rings. The Kier molecular flexibility index (Phi) is 3.66. The van der Waals surface area contributed by atoms with Gasteiger partial charge in [0.25, 0.3) is 0 Å². The number of rotatable bonds is 3. The molecule has 0 N–H and O–H groups in total. The SMILES string of the molecule is [B]c1sc(Br)cc1CCCC. The van der Waals surface area contributed by atoms with Crippen LogP contribution in [0.2, 0.25) is 0 Å². The van der Waals surface area contributed by atoms with Crippen molar-refractivity contribution in [1.82, 2.24) is 0 Å². The highest BCUT2D eigenvalue weighted by molar-refractivity contribution is 9.11. The van der Waals surface area contributed by atoms with E-state index in [1.807, 2.05) is 0 Å². The number of hydrogen-bond donors (Lipinski definition) is 0. The van der Waals surface area contributed by atoms with E-state index in [1.165, 1.54) is 18.4 Å². The maximum Gasteiger partial charge on any atom is 0.129 e. The standard InChI is InChI=1S/C8H10BBrS/c1-2-3-4-6-5-7(10)11-8(6)9/h5H,2-4H2,1H3. The van der Waals surface area contributed by atoms with Gasteiger partial charge in [0.15, 0.2) is 0 Å². The highest BCUT2D eigenvalue weighted by Crippen LogP contribution is 2.18. The van der Waals surface area contributed by atoms with Crippen molar-refractivity contribution >= 4 is 39.9 Å². The lowest BCUT2D eigenvalue weighted by atomic mass is 9.99. The van der Waals surface area contributed by atoms with Crippen LogP contribution in [0.1, 0.15) is 25.3 Å². The van der Waals surface area contributed by atoms with Gasteiger partial charge in [0.2, 0.25) is 0 Å². The van der Waals surface area contributed by atoms with Crippen LogP contribution in [0, 0.1) is 0 Å². The van der Waals surface area contributed by atoms with Gasteiger partial charge in [-0.05, 0) is 45.2 Å². The van der Waals surface area contributed by atoms with E-state index in [0.29, 0.717) is 0 Å². The number of unbranched alkanes of at least 4 members (excludes halogenated alkanes) is 1. The molecule has 0 bridgehead atoms. The number of aryl methyl sites for hydroxylation is 1. The first kappa shape index (κ1) is 9.33. The number of halogens is 1. The van der Waals surface area contributed by atoms with Crippen molar-refractivity contribution in [3.8, 4) is 0 Å². The molecule has 0 saturated heterocycles. The molecule has 0 saturated carbocycles. The van der Waals surface area contributed by atoms with Gasteiger partial charge < -0.3 is 0 Å². The summed E-state index contributed by atoms with van der Waals surface area (Å²) in [6, 6.07) is 2.12. The Morgan fingerprint density at radius 3 is 2.82 bits per heavy atom. The molecule has 0 aliphatic rings. The molecule has 1 rings (SSSR count). The first-order chi connectivity index (χ1) is 5.24. The topological polar surface area (TPSA) is 0 Å². The zero-order valence-electron chi connectivity index (χ0n) is 6.56. The third-order valence-electron chi connectivity index (χ3n) is 1.61. The molecular weight excluding hydrogens is 219 g/mol. The molecule has 0 atom stereocenters. The Morgan fingerprint density at radius 1 is 1.64 bits per heavy atom. The maximum atomic E-state index is 5.77. The second-order valence-corrected chi connectivity index (χ2v) is 5.01. The monoisotopic (exact) mass is 228 g/mol. The maximum absolute atomic E-state index is 5.77. The molecule has 0 aliphatic carbocycles. The van der Waals surface area contributed by atoms with Crippen LogP contribution in [0.15, 0.2) is 9.85 Å². The van der Waals surface area contributed by atoms with Crippen molar-refractivity contribution in [2.24, 2.45) is 0 Å². The molecule has 1 aromatic heterocycles. The van der Waals surface area contributed by atoms with Crippen molar-refractivity contribution in [2.75, 3.05) is 0 Å². The Morgan fingerprint density at radius 2 is 2.36 bits per heavy atom. The van der Waals surface area contributed by atoms with Crippen LogP contribution >= 0.6 is 27.3 Å². The van der Waals surface area contributed by atoms with Crippen molar-refractivity contribution in [3.05, 3.63) is 15.4 Å². The Bertz CT molecular complexity index is 232.